The van der Waals surface area contributed by atoms with Gasteiger partial charge < -0.3 is 9.80 Å². The molecule has 0 saturated carbocycles. The van der Waals surface area contributed by atoms with Gasteiger partial charge >= 0.3 is 0 Å². The first kappa shape index (κ1) is 17.4. The van der Waals surface area contributed by atoms with Crippen molar-refractivity contribution in [2.24, 2.45) is 11.8 Å². The maximum absolute atomic E-state index is 12.1. The van der Waals surface area contributed by atoms with Gasteiger partial charge in [-0.05, 0) is 25.9 Å². The number of sulfonamides is 1. The van der Waals surface area contributed by atoms with E-state index in [2.05, 4.69) is 23.5 Å². The Kier molecular flexibility index (Phi) is 5.97. The van der Waals surface area contributed by atoms with Crippen molar-refractivity contribution < 1.29 is 13.2 Å². The molecule has 1 N–H and O–H groups in total. The molecule has 0 aromatic rings. The zero-order valence-electron chi connectivity index (χ0n) is 13.1. The maximum atomic E-state index is 12.1. The number of amides is 1. The fourth-order valence-electron chi connectivity index (χ4n) is 2.72. The lowest BCUT2D eigenvalue weighted by molar-refractivity contribution is -0.130. The summed E-state index contributed by atoms with van der Waals surface area (Å²) in [5.74, 6) is 1.02. The molecule has 1 saturated heterocycles. The zero-order valence-corrected chi connectivity index (χ0v) is 13.9. The molecule has 1 fully saturated rings. The van der Waals surface area contributed by atoms with Crippen LogP contribution >= 0.6 is 0 Å². The fraction of sp³-hybridized carbons (Fsp3) is 0.923. The Morgan fingerprint density at radius 1 is 1.35 bits per heavy atom. The molecule has 6 nitrogen and oxygen atoms in total. The number of hydrogen-bond acceptors (Lipinski definition) is 4. The molecule has 0 bridgehead atoms. The summed E-state index contributed by atoms with van der Waals surface area (Å²) in [6.07, 6.45) is 1.32. The predicted octanol–water partition coefficient (Wildman–Crippen LogP) is -0.0297. The number of carbonyl (C=O) groups is 1. The minimum atomic E-state index is -3.22. The van der Waals surface area contributed by atoms with E-state index in [0.717, 1.165) is 19.3 Å². The van der Waals surface area contributed by atoms with E-state index in [4.69, 9.17) is 0 Å². The number of nitrogens with one attached hydrogen (secondary N) is 1. The maximum Gasteiger partial charge on any atom is 0.223 e. The lowest BCUT2D eigenvalue weighted by Crippen LogP contribution is -2.38. The molecule has 0 radical (unpaired) electrons. The highest BCUT2D eigenvalue weighted by molar-refractivity contribution is 7.88. The Morgan fingerprint density at radius 2 is 1.95 bits per heavy atom. The first-order valence-corrected chi connectivity index (χ1v) is 8.89. The van der Waals surface area contributed by atoms with Crippen LogP contribution in [0.15, 0.2) is 0 Å². The van der Waals surface area contributed by atoms with Gasteiger partial charge in [0.15, 0.2) is 0 Å². The van der Waals surface area contributed by atoms with Gasteiger partial charge in [-0.25, -0.2) is 13.1 Å². The van der Waals surface area contributed by atoms with Gasteiger partial charge in [-0.2, -0.15) is 0 Å². The summed E-state index contributed by atoms with van der Waals surface area (Å²) in [5, 5.41) is 0. The molecule has 0 spiro atoms. The quantitative estimate of drug-likeness (QED) is 0.748. The van der Waals surface area contributed by atoms with Crippen molar-refractivity contribution >= 4 is 15.9 Å². The van der Waals surface area contributed by atoms with Crippen molar-refractivity contribution in [3.8, 4) is 0 Å². The molecule has 1 aliphatic heterocycles. The Labute approximate surface area is 122 Å². The highest BCUT2D eigenvalue weighted by Gasteiger charge is 2.37. The molecular formula is C13H27N3O3S. The average Bonchev–Trinajstić information content (AvgIpc) is 2.71. The average molecular weight is 305 g/mol. The summed E-state index contributed by atoms with van der Waals surface area (Å²) in [7, 11) is 0.861. The second-order valence-electron chi connectivity index (χ2n) is 6.15. The molecule has 2 unspecified atom stereocenters. The van der Waals surface area contributed by atoms with Crippen molar-refractivity contribution in [1.82, 2.24) is 14.5 Å². The molecule has 7 heteroatoms. The van der Waals surface area contributed by atoms with Gasteiger partial charge in [0.25, 0.3) is 0 Å². The van der Waals surface area contributed by atoms with Gasteiger partial charge in [0, 0.05) is 32.1 Å². The number of carbonyl (C=O) groups excluding carboxylic acids is 1. The summed E-state index contributed by atoms with van der Waals surface area (Å²) >= 11 is 0. The van der Waals surface area contributed by atoms with E-state index in [1.807, 2.05) is 19.0 Å². The third kappa shape index (κ3) is 5.03. The van der Waals surface area contributed by atoms with Crippen LogP contribution in [0.1, 0.15) is 20.3 Å². The van der Waals surface area contributed by atoms with E-state index >= 15 is 0 Å². The van der Waals surface area contributed by atoms with Crippen LogP contribution in [-0.2, 0) is 14.8 Å². The Bertz CT molecular complexity index is 418. The standard InChI is InChI=1S/C13H27N3O3S/c1-10(2)11-8-16(9-12(11)15(3)4)13(17)6-7-14-20(5,18)19/h10-12,14H,6-9H2,1-5H3. The molecule has 20 heavy (non-hydrogen) atoms. The topological polar surface area (TPSA) is 69.7 Å². The lowest BCUT2D eigenvalue weighted by atomic mass is 9.91. The van der Waals surface area contributed by atoms with Crippen molar-refractivity contribution in [3.05, 3.63) is 0 Å². The van der Waals surface area contributed by atoms with Crippen LogP contribution in [0.3, 0.4) is 0 Å². The van der Waals surface area contributed by atoms with E-state index < -0.39 is 10.0 Å². The van der Waals surface area contributed by atoms with Gasteiger partial charge in [-0.3, -0.25) is 4.79 Å². The van der Waals surface area contributed by atoms with Crippen LogP contribution in [0, 0.1) is 11.8 Å². The van der Waals surface area contributed by atoms with Gasteiger partial charge in [-0.15, -0.1) is 0 Å². The smallest absolute Gasteiger partial charge is 0.223 e. The van der Waals surface area contributed by atoms with Crippen molar-refractivity contribution in [2.45, 2.75) is 26.3 Å². The largest absolute Gasteiger partial charge is 0.341 e. The first-order valence-electron chi connectivity index (χ1n) is 7.00. The Morgan fingerprint density at radius 3 is 2.35 bits per heavy atom. The van der Waals surface area contributed by atoms with Gasteiger partial charge in [0.1, 0.15) is 0 Å². The van der Waals surface area contributed by atoms with E-state index in [-0.39, 0.29) is 18.9 Å². The molecule has 0 aromatic heterocycles. The summed E-state index contributed by atoms with van der Waals surface area (Å²) in [6.45, 7) is 6.03. The summed E-state index contributed by atoms with van der Waals surface area (Å²) in [5.41, 5.74) is 0. The highest BCUT2D eigenvalue weighted by Crippen LogP contribution is 2.27. The van der Waals surface area contributed by atoms with Crippen molar-refractivity contribution in [2.75, 3.05) is 40.0 Å². The van der Waals surface area contributed by atoms with E-state index in [9.17, 15) is 13.2 Å². The van der Waals surface area contributed by atoms with Crippen LogP contribution < -0.4 is 4.72 Å². The second-order valence-corrected chi connectivity index (χ2v) is 7.99. The first-order chi connectivity index (χ1) is 9.11. The molecule has 1 rings (SSSR count). The predicted molar refractivity (Wildman–Crippen MR) is 79.8 cm³/mol. The molecular weight excluding hydrogens is 278 g/mol. The van der Waals surface area contributed by atoms with Gasteiger partial charge in [0.2, 0.25) is 15.9 Å². The lowest BCUT2D eigenvalue weighted by Gasteiger charge is -2.27. The molecule has 2 atom stereocenters. The van der Waals surface area contributed by atoms with Crippen molar-refractivity contribution in [1.29, 1.82) is 0 Å². The van der Waals surface area contributed by atoms with E-state index in [1.165, 1.54) is 0 Å². The monoisotopic (exact) mass is 305 g/mol. The molecule has 1 heterocycles. The highest BCUT2D eigenvalue weighted by atomic mass is 32.2. The number of hydrogen-bond donors (Lipinski definition) is 1. The minimum absolute atomic E-state index is 0.0242. The van der Waals surface area contributed by atoms with Crippen molar-refractivity contribution in [3.63, 3.8) is 0 Å². The zero-order chi connectivity index (χ0) is 15.5. The fourth-order valence-corrected chi connectivity index (χ4v) is 3.19. The summed E-state index contributed by atoms with van der Waals surface area (Å²) < 4.78 is 24.3. The second kappa shape index (κ2) is 6.87. The third-order valence-electron chi connectivity index (χ3n) is 3.91. The van der Waals surface area contributed by atoms with Crippen LogP contribution in [0.25, 0.3) is 0 Å². The van der Waals surface area contributed by atoms with Crippen LogP contribution in [-0.4, -0.2) is 70.2 Å². The SMILES string of the molecule is CC(C)C1CN(C(=O)CCNS(C)(=O)=O)CC1N(C)C. The molecule has 118 valence electrons. The molecule has 1 amide bonds. The molecule has 1 aliphatic rings. The number of nitrogens with zero attached hydrogens (tertiary/aromatic N) is 2. The van der Waals surface area contributed by atoms with Crippen LogP contribution in [0.2, 0.25) is 0 Å². The summed E-state index contributed by atoms with van der Waals surface area (Å²) in [4.78, 5) is 16.2. The van der Waals surface area contributed by atoms with E-state index in [1.54, 1.807) is 0 Å². The number of rotatable bonds is 6. The van der Waals surface area contributed by atoms with Crippen LogP contribution in [0.5, 0.6) is 0 Å². The molecule has 0 aromatic carbocycles. The number of likely N-dealkylation sites (N-methyl/N-ethyl adjacent to an activating group) is 1. The molecule has 0 aliphatic carbocycles. The van der Waals surface area contributed by atoms with Gasteiger partial charge in [0.05, 0.1) is 6.26 Å². The van der Waals surface area contributed by atoms with Crippen LogP contribution in [0.4, 0.5) is 0 Å². The van der Waals surface area contributed by atoms with Gasteiger partial charge in [-0.1, -0.05) is 13.8 Å². The minimum Gasteiger partial charge on any atom is -0.341 e. The normalized spacial score (nSPS) is 23.9. The Hall–Kier alpha value is -0.660. The number of likely N-dealkylation sites (tertiary alicyclic amines) is 1. The Balaban J connectivity index is 2.54. The summed E-state index contributed by atoms with van der Waals surface area (Å²) in [6, 6.07) is 0.377. The third-order valence-corrected chi connectivity index (χ3v) is 4.64. The van der Waals surface area contributed by atoms with E-state index in [0.29, 0.717) is 17.9 Å².